The van der Waals surface area contributed by atoms with E-state index in [9.17, 15) is 14.5 Å². The molecule has 3 saturated heterocycles. The van der Waals surface area contributed by atoms with Gasteiger partial charge in [0.2, 0.25) is 11.6 Å². The largest absolute Gasteiger partial charge is 0.369 e. The van der Waals surface area contributed by atoms with Crippen molar-refractivity contribution in [2.45, 2.75) is 48.9 Å². The number of aromatic nitrogens is 8. The molecule has 3 aliphatic rings. The summed E-state index contributed by atoms with van der Waals surface area (Å²) in [6, 6.07) is 0. The van der Waals surface area contributed by atoms with Gasteiger partial charge in [-0.05, 0) is 11.8 Å². The molecule has 7 rings (SSSR count). The van der Waals surface area contributed by atoms with Gasteiger partial charge in [-0.2, -0.15) is 10.1 Å². The summed E-state index contributed by atoms with van der Waals surface area (Å²) in [6.45, 7) is -4.68. The normalized spacial score (nSPS) is 36.9. The fourth-order valence-corrected chi connectivity index (χ4v) is 10.3. The fraction of sp³-hybridized carbons (Fsp3) is 0.500. The lowest BCUT2D eigenvalue weighted by atomic mass is 10.1. The van der Waals surface area contributed by atoms with Crippen molar-refractivity contribution in [2.75, 3.05) is 18.9 Å². The van der Waals surface area contributed by atoms with Gasteiger partial charge in [0.1, 0.15) is 36.3 Å². The summed E-state index contributed by atoms with van der Waals surface area (Å²) in [6.07, 6.45) is -2.57. The maximum atomic E-state index is 16.1. The van der Waals surface area contributed by atoms with Gasteiger partial charge in [-0.15, -0.1) is 12.2 Å². The van der Waals surface area contributed by atoms with E-state index in [1.54, 1.807) is 0 Å². The van der Waals surface area contributed by atoms with Gasteiger partial charge in [-0.3, -0.25) is 19.1 Å². The van der Waals surface area contributed by atoms with Crippen molar-refractivity contribution in [3.05, 3.63) is 45.3 Å². The predicted molar refractivity (Wildman–Crippen MR) is 158 cm³/mol. The van der Waals surface area contributed by atoms with E-state index in [2.05, 4.69) is 42.3 Å². The zero-order valence-corrected chi connectivity index (χ0v) is 25.8. The number of hydrogen-bond donors (Lipinski definition) is 5. The molecule has 230 valence electrons. The lowest BCUT2D eigenvalue weighted by Crippen LogP contribution is -2.33. The second kappa shape index (κ2) is 10.7. The number of fused-ring (bicyclic) bond motifs is 5. The van der Waals surface area contributed by atoms with Gasteiger partial charge >= 0.3 is 6.72 Å². The molecule has 23 heteroatoms. The molecule has 0 saturated carbocycles. The SMILES string of the molecule is Nc1nc2c(ncn2[C@@H]2O[C@@H]3COP(O)(=S)O[C@H]4C[C@H](c5cnc6c(=O)[nH]cnn56)O[C@@H]4COP(=S)(S)[C@@H]2[C@@H]3F)c(=O)[nH]1. The first-order valence-corrected chi connectivity index (χ1v) is 19.2. The van der Waals surface area contributed by atoms with Crippen LogP contribution in [-0.2, 0) is 46.7 Å². The first-order chi connectivity index (χ1) is 20.4. The maximum Gasteiger partial charge on any atom is 0.324 e. The molecule has 0 aromatic carbocycles. The molecule has 17 nitrogen and oxygen atoms in total. The summed E-state index contributed by atoms with van der Waals surface area (Å²) in [5.74, 6) is -0.180. The summed E-state index contributed by atoms with van der Waals surface area (Å²) >= 11 is 15.7. The second-order valence-corrected chi connectivity index (χ2v) is 19.0. The lowest BCUT2D eigenvalue weighted by molar-refractivity contribution is -0.0341. The molecule has 2 unspecified atom stereocenters. The van der Waals surface area contributed by atoms with Crippen molar-refractivity contribution < 1.29 is 32.3 Å². The highest BCUT2D eigenvalue weighted by atomic mass is 32.9. The number of halogens is 1. The van der Waals surface area contributed by atoms with Gasteiger partial charge in [0.25, 0.3) is 11.1 Å². The maximum absolute atomic E-state index is 16.1. The van der Waals surface area contributed by atoms with E-state index in [0.717, 1.165) is 0 Å². The number of thiol groups is 1. The smallest absolute Gasteiger partial charge is 0.324 e. The number of nitrogen functional groups attached to an aromatic ring is 1. The molecule has 0 spiro atoms. The standard InChI is InChI=1S/C20H22FN9O8P2S3/c21-12-11-4-35-40(33,43)38-9-1-8(7-2-23-16-18(32)24-5-26-30(7)16)36-10(9)3-34-39(41,42)14(12)19(37-11)29-6-25-13-15(29)27-20(22)28-17(13)31/h2,5-6,8-12,14,19H,1,3-4H2,(H,33,43)(H,41,42)(H,24,26,32)(H3,22,27,28,31)/t8-,9+,10-,11-,12-,14-,19-,40?/m1/s1. The van der Waals surface area contributed by atoms with Crippen molar-refractivity contribution in [3.8, 4) is 0 Å². The van der Waals surface area contributed by atoms with Crippen molar-refractivity contribution in [3.63, 3.8) is 0 Å². The van der Waals surface area contributed by atoms with E-state index in [0.29, 0.717) is 5.69 Å². The molecule has 4 aromatic heterocycles. The number of imidazole rings is 2. The quantitative estimate of drug-likeness (QED) is 0.142. The Morgan fingerprint density at radius 2 is 1.91 bits per heavy atom. The number of alkyl halides is 1. The minimum absolute atomic E-state index is 0.0378. The molecule has 43 heavy (non-hydrogen) atoms. The van der Waals surface area contributed by atoms with E-state index < -0.39 is 72.4 Å². The lowest BCUT2D eigenvalue weighted by Gasteiger charge is -2.31. The summed E-state index contributed by atoms with van der Waals surface area (Å²) in [4.78, 5) is 52.6. The number of nitrogens with one attached hydrogen (secondary N) is 2. The van der Waals surface area contributed by atoms with Crippen LogP contribution in [0.25, 0.3) is 16.8 Å². The number of anilines is 1. The molecule has 0 radical (unpaired) electrons. The van der Waals surface area contributed by atoms with E-state index in [1.165, 1.54) is 27.9 Å². The molecular formula is C20H22FN9O8P2S3. The number of nitrogens with zero attached hydrogens (tertiary/aromatic N) is 6. The Morgan fingerprint density at radius 3 is 2.72 bits per heavy atom. The zero-order chi connectivity index (χ0) is 30.3. The summed E-state index contributed by atoms with van der Waals surface area (Å²) in [5.41, 5.74) is 0.646. The molecular weight excluding hydrogens is 671 g/mol. The number of rotatable bonds is 2. The minimum atomic E-state index is -3.96. The minimum Gasteiger partial charge on any atom is -0.369 e. The van der Waals surface area contributed by atoms with Crippen molar-refractivity contribution in [1.29, 1.82) is 0 Å². The zero-order valence-electron chi connectivity index (χ0n) is 21.5. The van der Waals surface area contributed by atoms with E-state index in [4.69, 9.17) is 52.4 Å². The van der Waals surface area contributed by atoms with Crippen LogP contribution >= 0.6 is 24.4 Å². The summed E-state index contributed by atoms with van der Waals surface area (Å²) < 4.78 is 48.5. The van der Waals surface area contributed by atoms with Crippen LogP contribution in [0.2, 0.25) is 0 Å². The number of ether oxygens (including phenoxy) is 2. The molecule has 7 heterocycles. The van der Waals surface area contributed by atoms with Crippen LogP contribution in [0.15, 0.2) is 28.4 Å². The Morgan fingerprint density at radius 1 is 1.12 bits per heavy atom. The average molecular weight is 694 g/mol. The second-order valence-electron chi connectivity index (χ2n) is 9.98. The summed E-state index contributed by atoms with van der Waals surface area (Å²) in [7, 11) is 0. The monoisotopic (exact) mass is 693 g/mol. The van der Waals surface area contributed by atoms with Crippen molar-refractivity contribution in [2.24, 2.45) is 0 Å². The first kappa shape index (κ1) is 29.5. The Kier molecular flexibility index (Phi) is 7.37. The van der Waals surface area contributed by atoms with Crippen LogP contribution in [0.5, 0.6) is 0 Å². The highest BCUT2D eigenvalue weighted by Crippen LogP contribution is 2.65. The van der Waals surface area contributed by atoms with Crippen LogP contribution in [0.1, 0.15) is 24.4 Å². The third-order valence-electron chi connectivity index (χ3n) is 7.35. The van der Waals surface area contributed by atoms with Gasteiger partial charge in [0.05, 0.1) is 43.2 Å². The predicted octanol–water partition coefficient (Wildman–Crippen LogP) is 0.455. The fourth-order valence-electron chi connectivity index (χ4n) is 5.41. The topological polar surface area (TPSA) is 219 Å². The van der Waals surface area contributed by atoms with Crippen molar-refractivity contribution >= 4 is 70.8 Å². The van der Waals surface area contributed by atoms with E-state index >= 15 is 4.39 Å². The first-order valence-electron chi connectivity index (χ1n) is 12.6. The third-order valence-corrected chi connectivity index (χ3v) is 12.9. The molecule has 2 bridgehead atoms. The van der Waals surface area contributed by atoms with Gasteiger partial charge in [-0.1, -0.05) is 11.8 Å². The number of hydrogen-bond acceptors (Lipinski definition) is 14. The molecule has 5 N–H and O–H groups in total. The van der Waals surface area contributed by atoms with Crippen LogP contribution < -0.4 is 16.9 Å². The van der Waals surface area contributed by atoms with Crippen LogP contribution in [0, 0.1) is 0 Å². The van der Waals surface area contributed by atoms with Crippen LogP contribution in [0.4, 0.5) is 10.3 Å². The Bertz CT molecular complexity index is 1960. The number of H-pyrrole nitrogens is 2. The molecule has 9 atom stereocenters. The van der Waals surface area contributed by atoms with Gasteiger partial charge < -0.3 is 38.7 Å². The highest BCUT2D eigenvalue weighted by molar-refractivity contribution is 8.62. The Labute approximate surface area is 254 Å². The van der Waals surface area contributed by atoms with Crippen LogP contribution in [0.3, 0.4) is 0 Å². The van der Waals surface area contributed by atoms with Gasteiger partial charge in [0, 0.05) is 6.42 Å². The molecule has 3 fully saturated rings. The molecule has 4 aromatic rings. The highest BCUT2D eigenvalue weighted by Gasteiger charge is 2.54. The Balaban J connectivity index is 1.23. The average Bonchev–Trinajstić information content (AvgIpc) is 3.70. The number of aromatic amines is 2. The number of nitrogens with two attached hydrogens (primary N) is 1. The van der Waals surface area contributed by atoms with Gasteiger partial charge in [0.15, 0.2) is 17.4 Å². The van der Waals surface area contributed by atoms with Gasteiger partial charge in [-0.25, -0.2) is 18.9 Å². The summed E-state index contributed by atoms with van der Waals surface area (Å²) in [5, 5.41) is 4.14. The molecule has 0 aliphatic carbocycles. The third kappa shape index (κ3) is 5.19. The molecule has 3 aliphatic heterocycles. The molecule has 0 amide bonds. The Hall–Kier alpha value is -2.16. The van der Waals surface area contributed by atoms with Crippen molar-refractivity contribution in [1.82, 2.24) is 39.1 Å². The van der Waals surface area contributed by atoms with Crippen LogP contribution in [-0.4, -0.2) is 87.4 Å². The van der Waals surface area contributed by atoms with E-state index in [1.807, 2.05) is 0 Å². The van der Waals surface area contributed by atoms with E-state index in [-0.39, 0.29) is 35.8 Å².